The van der Waals surface area contributed by atoms with E-state index < -0.39 is 69.2 Å². The SMILES string of the molecule is CC[N+](CC)=c1ccc2c(/C=C/C=C3/N(CCCCCC(=O)NCC#Cc4cn([C@H]5CC[C@@H](COP(=O)(O)OP(=O)(O)OP(=O)(O)O)O5)c(=O)[nH]c4=O)c4ccc(S(=O)(=O)[O-])cc4C3(C)C)c(C)c(-c3ccccc3)oc-2c1. The number of ether oxygens (including phenoxy) is 1. The third kappa shape index (κ3) is 14.9. The summed E-state index contributed by atoms with van der Waals surface area (Å²) < 4.78 is 98.8. The van der Waals surface area contributed by atoms with E-state index in [1.54, 1.807) is 6.07 Å². The molecule has 1 aliphatic carbocycles. The van der Waals surface area contributed by atoms with E-state index in [0.717, 1.165) is 74.4 Å². The van der Waals surface area contributed by atoms with Gasteiger partial charge in [0.2, 0.25) is 11.3 Å². The minimum absolute atomic E-state index is 0.123. The van der Waals surface area contributed by atoms with Crippen molar-refractivity contribution in [1.82, 2.24) is 19.4 Å². The summed E-state index contributed by atoms with van der Waals surface area (Å²) in [7, 11) is -21.5. The van der Waals surface area contributed by atoms with Gasteiger partial charge in [-0.15, -0.1) is 0 Å². The minimum atomic E-state index is -5.73. The van der Waals surface area contributed by atoms with Crippen molar-refractivity contribution in [2.75, 3.05) is 37.7 Å². The Balaban J connectivity index is 0.986. The highest BCUT2D eigenvalue weighted by molar-refractivity contribution is 7.85. The number of carbonyl (C=O) groups is 1. The molecule has 3 aliphatic heterocycles. The number of H-pyrrole nitrogens is 1. The lowest BCUT2D eigenvalue weighted by atomic mass is 9.83. The second kappa shape index (κ2) is 24.7. The molecule has 3 aromatic rings. The summed E-state index contributed by atoms with van der Waals surface area (Å²) in [5.41, 5.74) is 3.57. The Labute approximate surface area is 449 Å². The summed E-state index contributed by atoms with van der Waals surface area (Å²) in [6.45, 7) is 11.5. The largest absolute Gasteiger partial charge is 0.744 e. The molecule has 1 fully saturated rings. The lowest BCUT2D eigenvalue weighted by molar-refractivity contribution is -0.120. The summed E-state index contributed by atoms with van der Waals surface area (Å²) in [5.74, 6) is 6.48. The fourth-order valence-electron chi connectivity index (χ4n) is 9.37. The number of amides is 1. The van der Waals surface area contributed by atoms with Crippen molar-refractivity contribution in [2.24, 2.45) is 0 Å². The van der Waals surface area contributed by atoms with Gasteiger partial charge in [0.05, 0.1) is 30.2 Å². The highest BCUT2D eigenvalue weighted by Crippen LogP contribution is 2.66. The van der Waals surface area contributed by atoms with E-state index >= 15 is 0 Å². The van der Waals surface area contributed by atoms with Crippen molar-refractivity contribution < 1.29 is 73.3 Å². The van der Waals surface area contributed by atoms with Crippen LogP contribution in [0.2, 0.25) is 0 Å². The Kier molecular flexibility index (Phi) is 18.9. The average Bonchev–Trinajstić information content (AvgIpc) is 3.99. The molecule has 1 aromatic heterocycles. The first-order valence-electron chi connectivity index (χ1n) is 24.7. The van der Waals surface area contributed by atoms with E-state index in [-0.39, 0.29) is 42.2 Å². The maximum Gasteiger partial charge on any atom is 0.490 e. The molecule has 27 heteroatoms. The zero-order valence-corrected chi connectivity index (χ0v) is 46.7. The van der Waals surface area contributed by atoms with Gasteiger partial charge in [-0.1, -0.05) is 74.6 Å². The molecule has 0 spiro atoms. The quantitative estimate of drug-likeness (QED) is 0.0153. The third-order valence-corrected chi connectivity index (χ3v) is 17.8. The van der Waals surface area contributed by atoms with Crippen LogP contribution in [-0.4, -0.2) is 86.9 Å². The number of nitrogens with zero attached hydrogens (tertiary/aromatic N) is 3. The summed E-state index contributed by atoms with van der Waals surface area (Å²) in [4.78, 5) is 78.6. The number of hydrogen-bond donors (Lipinski definition) is 6. The van der Waals surface area contributed by atoms with Crippen LogP contribution in [0.1, 0.15) is 94.7 Å². The smallest absolute Gasteiger partial charge is 0.490 e. The molecule has 4 atom stereocenters. The number of phosphoric ester groups is 1. The molecule has 418 valence electrons. The monoisotopic (exact) mass is 1160 g/mol. The topological polar surface area (TPSA) is 330 Å². The summed E-state index contributed by atoms with van der Waals surface area (Å²) in [6, 6.07) is 20.6. The molecular formula is C51H60N5O18P3S. The fourth-order valence-corrected chi connectivity index (χ4v) is 12.9. The Morgan fingerprint density at radius 3 is 2.40 bits per heavy atom. The van der Waals surface area contributed by atoms with Crippen LogP contribution in [0, 0.1) is 18.8 Å². The zero-order chi connectivity index (χ0) is 56.8. The first kappa shape index (κ1) is 59.8. The van der Waals surface area contributed by atoms with Crippen LogP contribution in [0.5, 0.6) is 0 Å². The van der Waals surface area contributed by atoms with Crippen LogP contribution >= 0.6 is 23.5 Å². The number of aromatic nitrogens is 2. The molecule has 23 nitrogen and oxygen atoms in total. The van der Waals surface area contributed by atoms with E-state index in [1.807, 2.05) is 63.3 Å². The summed E-state index contributed by atoms with van der Waals surface area (Å²) in [6.07, 6.45) is 7.38. The third-order valence-electron chi connectivity index (χ3n) is 13.1. The molecule has 6 N–H and O–H groups in total. The molecular weight excluding hydrogens is 1100 g/mol. The van der Waals surface area contributed by atoms with Gasteiger partial charge >= 0.3 is 29.2 Å². The van der Waals surface area contributed by atoms with Gasteiger partial charge in [0.15, 0.2) is 0 Å². The summed E-state index contributed by atoms with van der Waals surface area (Å²) in [5, 5.41) is 3.74. The number of rotatable bonds is 21. The van der Waals surface area contributed by atoms with Crippen LogP contribution in [-0.2, 0) is 51.9 Å². The molecule has 0 radical (unpaired) electrons. The van der Waals surface area contributed by atoms with Crippen LogP contribution in [0.3, 0.4) is 0 Å². The number of anilines is 1. The molecule has 1 saturated heterocycles. The maximum absolute atomic E-state index is 12.9. The molecule has 78 heavy (non-hydrogen) atoms. The van der Waals surface area contributed by atoms with E-state index in [4.69, 9.17) is 18.9 Å². The van der Waals surface area contributed by atoms with Crippen LogP contribution < -0.4 is 31.4 Å². The molecule has 0 bridgehead atoms. The molecule has 7 rings (SSSR count). The Morgan fingerprint density at radius 1 is 0.974 bits per heavy atom. The number of allylic oxidation sites excluding steroid dienone is 3. The van der Waals surface area contributed by atoms with Gasteiger partial charge in [-0.05, 0) is 87.9 Å². The molecule has 1 amide bonds. The van der Waals surface area contributed by atoms with E-state index in [2.05, 4.69) is 82.9 Å². The number of benzene rings is 3. The average molecular weight is 1160 g/mol. The van der Waals surface area contributed by atoms with Gasteiger partial charge < -0.3 is 43.5 Å². The van der Waals surface area contributed by atoms with E-state index in [1.165, 1.54) is 12.1 Å². The van der Waals surface area contributed by atoms with Crippen LogP contribution in [0.25, 0.3) is 28.7 Å². The first-order valence-corrected chi connectivity index (χ1v) is 30.7. The minimum Gasteiger partial charge on any atom is -0.744 e. The van der Waals surface area contributed by atoms with Crippen molar-refractivity contribution >= 4 is 51.3 Å². The Bertz CT molecular complexity index is 3630. The van der Waals surface area contributed by atoms with E-state index in [0.29, 0.717) is 31.4 Å². The fraction of sp³-hybridized carbons (Fsp3) is 0.373. The Hall–Kier alpha value is -5.86. The van der Waals surface area contributed by atoms with Gasteiger partial charge in [-0.3, -0.25) is 23.7 Å². The lowest BCUT2D eigenvalue weighted by Gasteiger charge is -2.27. The number of fused-ring (bicyclic) bond motifs is 2. The highest BCUT2D eigenvalue weighted by Gasteiger charge is 2.42. The van der Waals surface area contributed by atoms with Gasteiger partial charge in [-0.25, -0.2) is 31.5 Å². The second-order valence-corrected chi connectivity index (χ2v) is 24.6. The molecule has 4 aliphatic rings. The summed E-state index contributed by atoms with van der Waals surface area (Å²) >= 11 is 0. The van der Waals surface area contributed by atoms with E-state index in [9.17, 15) is 50.8 Å². The number of aromatic amines is 1. The van der Waals surface area contributed by atoms with Gasteiger partial charge in [0, 0.05) is 58.7 Å². The Morgan fingerprint density at radius 2 is 1.71 bits per heavy atom. The van der Waals surface area contributed by atoms with Crippen LogP contribution in [0.15, 0.2) is 110 Å². The second-order valence-electron chi connectivity index (χ2n) is 18.8. The van der Waals surface area contributed by atoms with Crippen molar-refractivity contribution in [1.29, 1.82) is 0 Å². The van der Waals surface area contributed by atoms with Crippen molar-refractivity contribution in [3.8, 4) is 34.5 Å². The number of hydrogen-bond acceptors (Lipinski definition) is 15. The predicted octanol–water partition coefficient (Wildman–Crippen LogP) is 6.37. The number of unbranched alkanes of at least 4 members (excludes halogenated alkanes) is 2. The standard InChI is InChI=1S/C51H60N5O18P3S/c1-6-54(7-2)37-22-25-41-40(34(3)48(72-44(41)30-37)35-16-10-8-11-17-35)19-14-20-45-51(4,5)42-31-39(78(67,68)69)24-26-43(42)55(45)29-13-9-12-21-46(57)52-28-15-18-36-32-56(50(59)53-49(36)58)47-27-23-38(71-47)33-70-76(63,64)74-77(65,66)73-75(60,61)62/h8,10-11,14,16-17,19-20,22,24-26,30-32,38,47H,6-7,9,12-13,21,23,27-29,33H2,1-5H3,(H6-,52,53,57,58,59,60,61,62,63,64,65,66,67,68,69)/t38-,47+/m0/s1. The number of nitrogens with one attached hydrogen (secondary N) is 2. The van der Waals surface area contributed by atoms with Crippen molar-refractivity contribution in [3.63, 3.8) is 0 Å². The van der Waals surface area contributed by atoms with Crippen LogP contribution in [0.4, 0.5) is 5.69 Å². The predicted molar refractivity (Wildman–Crippen MR) is 286 cm³/mol. The van der Waals surface area contributed by atoms with Gasteiger partial charge in [0.1, 0.15) is 46.5 Å². The first-order chi connectivity index (χ1) is 36.7. The molecule has 0 saturated carbocycles. The van der Waals surface area contributed by atoms with Gasteiger partial charge in [-0.2, -0.15) is 8.62 Å². The number of carbonyl (C=O) groups excluding carboxylic acids is 1. The highest BCUT2D eigenvalue weighted by atomic mass is 32.2. The zero-order valence-electron chi connectivity index (χ0n) is 43.2. The van der Waals surface area contributed by atoms with Gasteiger partial charge in [0.25, 0.3) is 5.56 Å². The van der Waals surface area contributed by atoms with Crippen molar-refractivity contribution in [2.45, 2.75) is 95.8 Å². The lowest BCUT2D eigenvalue weighted by Crippen LogP contribution is -2.33. The normalized spacial score (nSPS) is 18.4. The molecule has 4 heterocycles. The molecule has 2 unspecified atom stereocenters. The van der Waals surface area contributed by atoms with Crippen molar-refractivity contribution in [3.05, 3.63) is 139 Å². The maximum atomic E-state index is 12.9. The number of phosphoric acid groups is 3. The molecule has 2 aromatic carbocycles.